The van der Waals surface area contributed by atoms with Crippen molar-refractivity contribution >= 4 is 0 Å². The highest BCUT2D eigenvalue weighted by Crippen LogP contribution is 2.30. The normalized spacial score (nSPS) is 16.0. The second kappa shape index (κ2) is 5.52. The van der Waals surface area contributed by atoms with E-state index < -0.39 is 0 Å². The van der Waals surface area contributed by atoms with Gasteiger partial charge >= 0.3 is 0 Å². The van der Waals surface area contributed by atoms with Gasteiger partial charge in [0.2, 0.25) is 0 Å². The number of hydrogen-bond acceptors (Lipinski definition) is 0. The highest BCUT2D eigenvalue weighted by molar-refractivity contribution is 5.33. The highest BCUT2D eigenvalue weighted by Gasteiger charge is 2.16. The van der Waals surface area contributed by atoms with Gasteiger partial charge in [-0.3, -0.25) is 0 Å². The van der Waals surface area contributed by atoms with Crippen molar-refractivity contribution in [2.24, 2.45) is 10.8 Å². The van der Waals surface area contributed by atoms with Crippen molar-refractivity contribution in [2.45, 2.75) is 55.4 Å². The fourth-order valence-electron chi connectivity index (χ4n) is 1.74. The van der Waals surface area contributed by atoms with Crippen molar-refractivity contribution in [1.82, 2.24) is 0 Å². The van der Waals surface area contributed by atoms with Crippen molar-refractivity contribution in [3.05, 3.63) is 35.5 Å². The summed E-state index contributed by atoms with van der Waals surface area (Å²) in [7, 11) is 0. The Hall–Kier alpha value is -0.780. The van der Waals surface area contributed by atoms with Crippen LogP contribution in [0.25, 0.3) is 0 Å². The molecular weight excluding hydrogens is 192 g/mol. The van der Waals surface area contributed by atoms with E-state index in [0.717, 1.165) is 0 Å². The fraction of sp³-hybridized carbons (Fsp3) is 0.625. The lowest BCUT2D eigenvalue weighted by atomic mass is 9.82. The number of hydrogen-bond donors (Lipinski definition) is 0. The second-order valence-electron chi connectivity index (χ2n) is 6.32. The van der Waals surface area contributed by atoms with Gasteiger partial charge in [0, 0.05) is 0 Å². The third-order valence-corrected chi connectivity index (χ3v) is 2.80. The maximum atomic E-state index is 2.25. The first-order valence-corrected chi connectivity index (χ1v) is 6.14. The molecule has 0 aromatic rings. The van der Waals surface area contributed by atoms with E-state index in [-0.39, 0.29) is 10.8 Å². The predicted molar refractivity (Wildman–Crippen MR) is 75.6 cm³/mol. The standard InChI is InChI=1S/C16H28/c1-9-13(15(3,4)5)11-12-14(10-2)16(6,7)8/h9-12H,1-8H3/b12-11-,13-9+,14-10+. The van der Waals surface area contributed by atoms with Crippen molar-refractivity contribution in [3.63, 3.8) is 0 Å². The monoisotopic (exact) mass is 220 g/mol. The Morgan fingerprint density at radius 2 is 0.875 bits per heavy atom. The van der Waals surface area contributed by atoms with Gasteiger partial charge in [0.1, 0.15) is 0 Å². The maximum absolute atomic E-state index is 2.25. The molecule has 92 valence electrons. The van der Waals surface area contributed by atoms with Crippen LogP contribution >= 0.6 is 0 Å². The molecule has 0 rings (SSSR count). The molecule has 0 nitrogen and oxygen atoms in total. The Morgan fingerprint density at radius 1 is 0.625 bits per heavy atom. The van der Waals surface area contributed by atoms with Gasteiger partial charge in [-0.05, 0) is 35.8 Å². The van der Waals surface area contributed by atoms with E-state index in [0.29, 0.717) is 0 Å². The van der Waals surface area contributed by atoms with Gasteiger partial charge in [-0.15, -0.1) is 0 Å². The summed E-state index contributed by atoms with van der Waals surface area (Å²) in [4.78, 5) is 0. The largest absolute Gasteiger partial charge is 0.0839 e. The summed E-state index contributed by atoms with van der Waals surface area (Å²) < 4.78 is 0. The lowest BCUT2D eigenvalue weighted by Gasteiger charge is -2.23. The predicted octanol–water partition coefficient (Wildman–Crippen LogP) is 5.53. The molecule has 0 radical (unpaired) electrons. The van der Waals surface area contributed by atoms with Gasteiger partial charge in [-0.2, -0.15) is 0 Å². The summed E-state index contributed by atoms with van der Waals surface area (Å²) >= 11 is 0. The van der Waals surface area contributed by atoms with E-state index in [9.17, 15) is 0 Å². The minimum absolute atomic E-state index is 0.224. The number of allylic oxidation sites excluding steroid dienone is 6. The van der Waals surface area contributed by atoms with Gasteiger partial charge < -0.3 is 0 Å². The van der Waals surface area contributed by atoms with Crippen LogP contribution in [0.15, 0.2) is 35.5 Å². The van der Waals surface area contributed by atoms with Crippen molar-refractivity contribution in [2.75, 3.05) is 0 Å². The minimum Gasteiger partial charge on any atom is -0.0839 e. The molecule has 16 heavy (non-hydrogen) atoms. The molecule has 0 heteroatoms. The summed E-state index contributed by atoms with van der Waals surface area (Å²) in [6.07, 6.45) is 8.90. The molecule has 0 saturated heterocycles. The Bertz CT molecular complexity index is 266. The van der Waals surface area contributed by atoms with E-state index in [4.69, 9.17) is 0 Å². The first kappa shape index (κ1) is 15.2. The summed E-state index contributed by atoms with van der Waals surface area (Å²) in [5.74, 6) is 0. The molecule has 0 aromatic heterocycles. The molecule has 0 aliphatic heterocycles. The average molecular weight is 220 g/mol. The summed E-state index contributed by atoms with van der Waals surface area (Å²) in [6.45, 7) is 17.7. The first-order valence-electron chi connectivity index (χ1n) is 6.14. The Balaban J connectivity index is 4.99. The van der Waals surface area contributed by atoms with Crippen LogP contribution in [0.1, 0.15) is 55.4 Å². The average Bonchev–Trinajstić information content (AvgIpc) is 2.08. The van der Waals surface area contributed by atoms with Gasteiger partial charge in [0.15, 0.2) is 0 Å². The summed E-state index contributed by atoms with van der Waals surface area (Å²) in [5, 5.41) is 0. The summed E-state index contributed by atoms with van der Waals surface area (Å²) in [6, 6.07) is 0. The van der Waals surface area contributed by atoms with Crippen molar-refractivity contribution < 1.29 is 0 Å². The van der Waals surface area contributed by atoms with Gasteiger partial charge in [-0.25, -0.2) is 0 Å². The van der Waals surface area contributed by atoms with Gasteiger partial charge in [-0.1, -0.05) is 65.8 Å². The van der Waals surface area contributed by atoms with Crippen LogP contribution in [0, 0.1) is 10.8 Å². The van der Waals surface area contributed by atoms with Crippen LogP contribution in [0.4, 0.5) is 0 Å². The maximum Gasteiger partial charge on any atom is -0.0135 e. The first-order chi connectivity index (χ1) is 7.12. The highest BCUT2D eigenvalue weighted by atomic mass is 14.2. The molecule has 0 saturated carbocycles. The van der Waals surface area contributed by atoms with Crippen LogP contribution in [-0.4, -0.2) is 0 Å². The minimum atomic E-state index is 0.224. The van der Waals surface area contributed by atoms with Crippen molar-refractivity contribution in [3.8, 4) is 0 Å². The zero-order chi connectivity index (χ0) is 13.0. The van der Waals surface area contributed by atoms with Gasteiger partial charge in [0.05, 0.1) is 0 Å². The second-order valence-corrected chi connectivity index (χ2v) is 6.32. The van der Waals surface area contributed by atoms with Crippen molar-refractivity contribution in [1.29, 1.82) is 0 Å². The van der Waals surface area contributed by atoms with E-state index in [1.165, 1.54) is 11.1 Å². The van der Waals surface area contributed by atoms with Crippen LogP contribution < -0.4 is 0 Å². The molecule has 0 heterocycles. The molecule has 0 aromatic carbocycles. The molecule has 0 atom stereocenters. The molecular formula is C16H28. The lowest BCUT2D eigenvalue weighted by molar-refractivity contribution is 0.509. The quantitative estimate of drug-likeness (QED) is 0.537. The molecule has 0 bridgehead atoms. The Kier molecular flexibility index (Phi) is 5.25. The SMILES string of the molecule is C\C=C(/C=C\C(=C/C)C(C)(C)C)C(C)(C)C. The van der Waals surface area contributed by atoms with Crippen LogP contribution in [0.2, 0.25) is 0 Å². The van der Waals surface area contributed by atoms with E-state index in [2.05, 4.69) is 79.7 Å². The third kappa shape index (κ3) is 4.83. The molecule has 0 N–H and O–H groups in total. The third-order valence-electron chi connectivity index (χ3n) is 2.80. The zero-order valence-electron chi connectivity index (χ0n) is 12.3. The molecule has 0 aliphatic carbocycles. The van der Waals surface area contributed by atoms with Gasteiger partial charge in [0.25, 0.3) is 0 Å². The Morgan fingerprint density at radius 3 is 1.00 bits per heavy atom. The lowest BCUT2D eigenvalue weighted by Crippen LogP contribution is -2.09. The zero-order valence-corrected chi connectivity index (χ0v) is 12.3. The smallest absolute Gasteiger partial charge is 0.0135 e. The van der Waals surface area contributed by atoms with E-state index in [1.807, 2.05) is 0 Å². The Labute approximate surface area is 102 Å². The topological polar surface area (TPSA) is 0 Å². The van der Waals surface area contributed by atoms with E-state index >= 15 is 0 Å². The fourth-order valence-corrected chi connectivity index (χ4v) is 1.74. The molecule has 0 fully saturated rings. The molecule has 0 unspecified atom stereocenters. The molecule has 0 aliphatic rings. The van der Waals surface area contributed by atoms with Crippen LogP contribution in [0.3, 0.4) is 0 Å². The van der Waals surface area contributed by atoms with E-state index in [1.54, 1.807) is 0 Å². The number of rotatable bonds is 2. The molecule has 0 spiro atoms. The summed E-state index contributed by atoms with van der Waals surface area (Å²) in [5.41, 5.74) is 3.22. The van der Waals surface area contributed by atoms with Crippen LogP contribution in [0.5, 0.6) is 0 Å². The van der Waals surface area contributed by atoms with Crippen LogP contribution in [-0.2, 0) is 0 Å². The molecule has 0 amide bonds.